The van der Waals surface area contributed by atoms with E-state index in [0.29, 0.717) is 0 Å². The zero-order chi connectivity index (χ0) is 7.68. The van der Waals surface area contributed by atoms with Crippen molar-refractivity contribution in [3.05, 3.63) is 23.4 Å². The summed E-state index contributed by atoms with van der Waals surface area (Å²) in [5.74, 6) is 0. The number of hydrogen-bond acceptors (Lipinski definition) is 2. The average Bonchev–Trinajstić information content (AvgIpc) is 2.04. The number of pyridine rings is 1. The fourth-order valence-electron chi connectivity index (χ4n) is 1.56. The van der Waals surface area contributed by atoms with Crippen molar-refractivity contribution in [3.63, 3.8) is 0 Å². The van der Waals surface area contributed by atoms with Crippen LogP contribution in [-0.2, 0) is 25.5 Å². The van der Waals surface area contributed by atoms with E-state index < -0.39 is 0 Å². The van der Waals surface area contributed by atoms with Crippen molar-refractivity contribution in [2.75, 3.05) is 0 Å². The van der Waals surface area contributed by atoms with Gasteiger partial charge in [-0.1, -0.05) is 17.2 Å². The van der Waals surface area contributed by atoms with Gasteiger partial charge in [-0.05, 0) is 31.2 Å². The van der Waals surface area contributed by atoms with Crippen molar-refractivity contribution in [1.82, 2.24) is 4.98 Å². The zero-order valence-electron chi connectivity index (χ0n) is 7.34. The summed E-state index contributed by atoms with van der Waals surface area (Å²) in [5.41, 5.74) is 2.65. The van der Waals surface area contributed by atoms with Crippen molar-refractivity contribution in [3.8, 4) is 0 Å². The molecule has 0 spiro atoms. The van der Waals surface area contributed by atoms with E-state index in [0.717, 1.165) is 11.4 Å². The molecule has 1 aliphatic rings. The summed E-state index contributed by atoms with van der Waals surface area (Å²) in [5, 5.41) is 0.741. The molecule has 0 saturated heterocycles. The van der Waals surface area contributed by atoms with Gasteiger partial charge in [-0.3, -0.25) is 4.98 Å². The molecule has 2 rings (SSSR count). The standard InChI is InChI=1S/C9H11NS.Na/c11-9-6-5-7-3-1-2-4-8(7)10-9;/h5-6H,1-4H2,(H,10,11);/q;+1/p-1. The maximum atomic E-state index is 4.99. The number of aromatic nitrogens is 1. The molecule has 1 heterocycles. The first-order chi connectivity index (χ1) is 5.36. The minimum atomic E-state index is 0. The number of nitrogens with zero attached hydrogens (tertiary/aromatic N) is 1. The molecule has 0 amide bonds. The molecular weight excluding hydrogens is 177 g/mol. The van der Waals surface area contributed by atoms with Crippen LogP contribution < -0.4 is 29.6 Å². The third-order valence-electron chi connectivity index (χ3n) is 2.15. The largest absolute Gasteiger partial charge is 1.00 e. The summed E-state index contributed by atoms with van der Waals surface area (Å²) < 4.78 is 0. The Bertz CT molecular complexity index is 275. The number of hydrogen-bond donors (Lipinski definition) is 0. The Hall–Kier alpha value is 0.370. The fourth-order valence-corrected chi connectivity index (χ4v) is 1.74. The van der Waals surface area contributed by atoms with Crippen LogP contribution in [0.25, 0.3) is 0 Å². The van der Waals surface area contributed by atoms with Crippen LogP contribution in [0.3, 0.4) is 0 Å². The molecule has 0 aliphatic heterocycles. The van der Waals surface area contributed by atoms with Crippen LogP contribution in [0.4, 0.5) is 0 Å². The van der Waals surface area contributed by atoms with Gasteiger partial charge in [0, 0.05) is 5.69 Å². The Kier molecular flexibility index (Phi) is 3.97. The van der Waals surface area contributed by atoms with Crippen LogP contribution in [0, 0.1) is 0 Å². The van der Waals surface area contributed by atoms with E-state index in [1.165, 1.54) is 30.5 Å². The van der Waals surface area contributed by atoms with Gasteiger partial charge in [-0.25, -0.2) is 0 Å². The van der Waals surface area contributed by atoms with Gasteiger partial charge >= 0.3 is 29.6 Å². The summed E-state index contributed by atoms with van der Waals surface area (Å²) in [6.07, 6.45) is 4.90. The van der Waals surface area contributed by atoms with Gasteiger partial charge < -0.3 is 12.6 Å². The molecule has 0 radical (unpaired) electrons. The topological polar surface area (TPSA) is 12.9 Å². The van der Waals surface area contributed by atoms with Gasteiger partial charge in [0.25, 0.3) is 0 Å². The second kappa shape index (κ2) is 4.56. The molecule has 0 N–H and O–H groups in total. The number of aryl methyl sites for hydroxylation is 2. The van der Waals surface area contributed by atoms with E-state index >= 15 is 0 Å². The van der Waals surface area contributed by atoms with Crippen molar-refractivity contribution < 1.29 is 29.6 Å². The molecule has 0 unspecified atom stereocenters. The monoisotopic (exact) mass is 187 g/mol. The maximum absolute atomic E-state index is 4.99. The molecule has 12 heavy (non-hydrogen) atoms. The molecule has 0 bridgehead atoms. The molecule has 0 aromatic carbocycles. The molecule has 1 aromatic heterocycles. The predicted octanol–water partition coefficient (Wildman–Crippen LogP) is -1.13. The second-order valence-electron chi connectivity index (χ2n) is 2.96. The second-order valence-corrected chi connectivity index (χ2v) is 3.38. The van der Waals surface area contributed by atoms with E-state index in [2.05, 4.69) is 11.1 Å². The van der Waals surface area contributed by atoms with Crippen molar-refractivity contribution in [2.45, 2.75) is 30.7 Å². The smallest absolute Gasteiger partial charge is 0.760 e. The molecule has 1 aromatic rings. The van der Waals surface area contributed by atoms with Gasteiger partial charge in [-0.15, -0.1) is 0 Å². The van der Waals surface area contributed by atoms with Gasteiger partial charge in [0.1, 0.15) is 0 Å². The fraction of sp³-hybridized carbons (Fsp3) is 0.444. The first-order valence-corrected chi connectivity index (χ1v) is 4.43. The number of rotatable bonds is 0. The summed E-state index contributed by atoms with van der Waals surface area (Å²) in [6.45, 7) is 0. The van der Waals surface area contributed by atoms with Gasteiger partial charge in [0.2, 0.25) is 0 Å². The van der Waals surface area contributed by atoms with Crippen LogP contribution in [0.2, 0.25) is 0 Å². The maximum Gasteiger partial charge on any atom is 1.00 e. The van der Waals surface area contributed by atoms with E-state index in [9.17, 15) is 0 Å². The summed E-state index contributed by atoms with van der Waals surface area (Å²) in [4.78, 5) is 4.33. The van der Waals surface area contributed by atoms with Crippen LogP contribution in [0.15, 0.2) is 17.2 Å². The molecule has 1 aliphatic carbocycles. The third-order valence-corrected chi connectivity index (χ3v) is 2.38. The first kappa shape index (κ1) is 10.5. The molecule has 0 saturated carbocycles. The quantitative estimate of drug-likeness (QED) is 0.376. The summed E-state index contributed by atoms with van der Waals surface area (Å²) >= 11 is 4.99. The zero-order valence-corrected chi connectivity index (χ0v) is 10.2. The van der Waals surface area contributed by atoms with Gasteiger partial charge in [-0.2, -0.15) is 0 Å². The number of fused-ring (bicyclic) bond motifs is 1. The van der Waals surface area contributed by atoms with Crippen molar-refractivity contribution in [1.29, 1.82) is 0 Å². The minimum Gasteiger partial charge on any atom is -0.760 e. The predicted molar refractivity (Wildman–Crippen MR) is 46.5 cm³/mol. The molecule has 1 nitrogen and oxygen atoms in total. The average molecular weight is 187 g/mol. The normalized spacial score (nSPS) is 14.7. The first-order valence-electron chi connectivity index (χ1n) is 4.02. The van der Waals surface area contributed by atoms with Crippen LogP contribution in [0.5, 0.6) is 0 Å². The molecule has 0 atom stereocenters. The van der Waals surface area contributed by atoms with Crippen LogP contribution in [-0.4, -0.2) is 4.98 Å². The minimum absolute atomic E-state index is 0. The van der Waals surface area contributed by atoms with Gasteiger partial charge in [0.15, 0.2) is 0 Å². The Morgan fingerprint density at radius 1 is 1.17 bits per heavy atom. The van der Waals surface area contributed by atoms with Gasteiger partial charge in [0.05, 0.1) is 0 Å². The molecular formula is C9H10NNaS. The Labute approximate surface area is 101 Å². The van der Waals surface area contributed by atoms with Crippen molar-refractivity contribution >= 4 is 12.6 Å². The SMILES string of the molecule is [Na+].[S-]c1ccc2c(n1)CCCC2. The molecule has 3 heteroatoms. The van der Waals surface area contributed by atoms with Crippen molar-refractivity contribution in [2.24, 2.45) is 0 Å². The van der Waals surface area contributed by atoms with Crippen LogP contribution in [0.1, 0.15) is 24.1 Å². The Morgan fingerprint density at radius 3 is 2.75 bits per heavy atom. The van der Waals surface area contributed by atoms with E-state index in [1.54, 1.807) is 0 Å². The van der Waals surface area contributed by atoms with Crippen LogP contribution >= 0.6 is 0 Å². The summed E-state index contributed by atoms with van der Waals surface area (Å²) in [6, 6.07) is 4.06. The Balaban J connectivity index is 0.000000720. The summed E-state index contributed by atoms with van der Waals surface area (Å²) in [7, 11) is 0. The van der Waals surface area contributed by atoms with E-state index in [1.807, 2.05) is 6.07 Å². The molecule has 0 fully saturated rings. The van der Waals surface area contributed by atoms with E-state index in [-0.39, 0.29) is 29.6 Å². The molecule has 58 valence electrons. The third kappa shape index (κ3) is 2.19. The van der Waals surface area contributed by atoms with E-state index in [4.69, 9.17) is 12.6 Å². The Morgan fingerprint density at radius 2 is 1.92 bits per heavy atom.